The van der Waals surface area contributed by atoms with Gasteiger partial charge < -0.3 is 20.3 Å². The van der Waals surface area contributed by atoms with Crippen molar-refractivity contribution in [2.24, 2.45) is 10.7 Å². The maximum absolute atomic E-state index is 5.87. The summed E-state index contributed by atoms with van der Waals surface area (Å²) in [5, 5.41) is 6.95. The molecule has 2 rings (SSSR count). The molecule has 21 heavy (non-hydrogen) atoms. The Labute approximate surface area is 124 Å². The number of nitrogens with zero attached hydrogens (tertiary/aromatic N) is 2. The van der Waals surface area contributed by atoms with Gasteiger partial charge in [0.15, 0.2) is 5.96 Å². The lowest BCUT2D eigenvalue weighted by atomic mass is 10.1. The third kappa shape index (κ3) is 3.98. The largest absolute Gasteiger partial charge is 0.497 e. The summed E-state index contributed by atoms with van der Waals surface area (Å²) in [4.78, 5) is 4.31. The van der Waals surface area contributed by atoms with Gasteiger partial charge in [0.05, 0.1) is 12.8 Å². The van der Waals surface area contributed by atoms with Crippen LogP contribution in [-0.4, -0.2) is 24.8 Å². The minimum atomic E-state index is 0.370. The molecule has 0 saturated carbocycles. The molecule has 0 aliphatic heterocycles. The maximum atomic E-state index is 5.87. The van der Waals surface area contributed by atoms with Gasteiger partial charge in [-0.1, -0.05) is 11.2 Å². The van der Waals surface area contributed by atoms with Crippen LogP contribution in [0.2, 0.25) is 0 Å². The first-order valence-corrected chi connectivity index (χ1v) is 6.73. The van der Waals surface area contributed by atoms with E-state index < -0.39 is 0 Å². The van der Waals surface area contributed by atoms with Gasteiger partial charge in [0, 0.05) is 23.9 Å². The van der Waals surface area contributed by atoms with Gasteiger partial charge in [-0.05, 0) is 32.4 Å². The van der Waals surface area contributed by atoms with Crippen LogP contribution >= 0.6 is 0 Å². The number of aliphatic imine (C=N–C) groups is 1. The number of ether oxygens (including phenoxy) is 1. The number of benzene rings is 1. The third-order valence-corrected chi connectivity index (χ3v) is 3.17. The van der Waals surface area contributed by atoms with E-state index in [0.29, 0.717) is 12.5 Å². The number of aryl methyl sites for hydroxylation is 2. The molecule has 1 aromatic carbocycles. The van der Waals surface area contributed by atoms with E-state index in [1.807, 2.05) is 38.1 Å². The van der Waals surface area contributed by atoms with E-state index in [9.17, 15) is 0 Å². The van der Waals surface area contributed by atoms with Crippen LogP contribution in [0.15, 0.2) is 33.8 Å². The molecule has 1 aromatic heterocycles. The van der Waals surface area contributed by atoms with Crippen molar-refractivity contribution in [3.63, 3.8) is 0 Å². The topological polar surface area (TPSA) is 85.7 Å². The highest BCUT2D eigenvalue weighted by atomic mass is 16.5. The van der Waals surface area contributed by atoms with Crippen LogP contribution in [0.1, 0.15) is 17.0 Å². The summed E-state index contributed by atoms with van der Waals surface area (Å²) >= 11 is 0. The molecular formula is C15H20N4O2. The average molecular weight is 288 g/mol. The van der Waals surface area contributed by atoms with Crippen molar-refractivity contribution in [3.05, 3.63) is 41.3 Å². The van der Waals surface area contributed by atoms with Crippen molar-refractivity contribution in [1.82, 2.24) is 5.16 Å². The van der Waals surface area contributed by atoms with Crippen molar-refractivity contribution in [2.45, 2.75) is 20.3 Å². The first kappa shape index (κ1) is 14.9. The van der Waals surface area contributed by atoms with Crippen molar-refractivity contribution in [3.8, 4) is 5.75 Å². The number of nitrogens with one attached hydrogen (secondary N) is 1. The third-order valence-electron chi connectivity index (χ3n) is 3.17. The van der Waals surface area contributed by atoms with E-state index in [1.165, 1.54) is 0 Å². The van der Waals surface area contributed by atoms with Crippen LogP contribution in [0.4, 0.5) is 5.69 Å². The standard InChI is InChI=1S/C15H20N4O2/c1-10-14(11(2)21-19-10)7-8-17-15(16)18-12-5-4-6-13(9-12)20-3/h4-6,9H,7-8H2,1-3H3,(H3,16,17,18). The molecule has 112 valence electrons. The Morgan fingerprint density at radius 2 is 2.24 bits per heavy atom. The zero-order chi connectivity index (χ0) is 15.2. The summed E-state index contributed by atoms with van der Waals surface area (Å²) in [7, 11) is 1.63. The second-order valence-electron chi connectivity index (χ2n) is 4.68. The second-order valence-corrected chi connectivity index (χ2v) is 4.68. The van der Waals surface area contributed by atoms with Crippen molar-refractivity contribution in [1.29, 1.82) is 0 Å². The predicted molar refractivity (Wildman–Crippen MR) is 82.8 cm³/mol. The number of anilines is 1. The smallest absolute Gasteiger partial charge is 0.193 e. The van der Waals surface area contributed by atoms with Crippen LogP contribution in [0.25, 0.3) is 0 Å². The van der Waals surface area contributed by atoms with Crippen molar-refractivity contribution in [2.75, 3.05) is 19.0 Å². The summed E-state index contributed by atoms with van der Waals surface area (Å²) in [6.45, 7) is 4.40. The summed E-state index contributed by atoms with van der Waals surface area (Å²) < 4.78 is 10.3. The summed E-state index contributed by atoms with van der Waals surface area (Å²) in [6, 6.07) is 7.52. The molecule has 3 N–H and O–H groups in total. The van der Waals surface area contributed by atoms with Gasteiger partial charge in [0.1, 0.15) is 11.5 Å². The van der Waals surface area contributed by atoms with Gasteiger partial charge in [-0.15, -0.1) is 0 Å². The monoisotopic (exact) mass is 288 g/mol. The first-order valence-electron chi connectivity index (χ1n) is 6.73. The summed E-state index contributed by atoms with van der Waals surface area (Å²) in [6.07, 6.45) is 0.752. The first-order chi connectivity index (χ1) is 10.1. The Balaban J connectivity index is 1.92. The molecule has 0 fully saturated rings. The molecule has 2 aromatic rings. The Bertz CT molecular complexity index is 615. The molecule has 0 saturated heterocycles. The normalized spacial score (nSPS) is 11.5. The lowest BCUT2D eigenvalue weighted by Crippen LogP contribution is -2.23. The molecule has 0 aliphatic rings. The molecular weight excluding hydrogens is 268 g/mol. The Morgan fingerprint density at radius 3 is 2.90 bits per heavy atom. The zero-order valence-corrected chi connectivity index (χ0v) is 12.5. The highest BCUT2D eigenvalue weighted by Crippen LogP contribution is 2.16. The van der Waals surface area contributed by atoms with Crippen molar-refractivity contribution < 1.29 is 9.26 Å². The fourth-order valence-corrected chi connectivity index (χ4v) is 2.04. The number of hydrogen-bond acceptors (Lipinski definition) is 4. The number of guanidine groups is 1. The van der Waals surface area contributed by atoms with Crippen molar-refractivity contribution >= 4 is 11.6 Å². The minimum absolute atomic E-state index is 0.370. The molecule has 6 heteroatoms. The van der Waals surface area contributed by atoms with Gasteiger partial charge in [-0.2, -0.15) is 0 Å². The number of hydrogen-bond donors (Lipinski definition) is 2. The summed E-state index contributed by atoms with van der Waals surface area (Å²) in [5.41, 5.74) is 8.71. The van der Waals surface area contributed by atoms with E-state index in [1.54, 1.807) is 7.11 Å². The molecule has 0 atom stereocenters. The van der Waals surface area contributed by atoms with E-state index in [4.69, 9.17) is 15.0 Å². The lowest BCUT2D eigenvalue weighted by Gasteiger charge is -2.07. The fraction of sp³-hybridized carbons (Fsp3) is 0.333. The Morgan fingerprint density at radius 1 is 1.43 bits per heavy atom. The van der Waals surface area contributed by atoms with Gasteiger partial charge in [-0.3, -0.25) is 4.99 Å². The molecule has 1 heterocycles. The van der Waals surface area contributed by atoms with Crippen LogP contribution < -0.4 is 15.8 Å². The highest BCUT2D eigenvalue weighted by Gasteiger charge is 2.07. The van der Waals surface area contributed by atoms with Gasteiger partial charge in [0.2, 0.25) is 0 Å². The van der Waals surface area contributed by atoms with Crippen LogP contribution in [0, 0.1) is 13.8 Å². The van der Waals surface area contributed by atoms with Crippen LogP contribution in [-0.2, 0) is 6.42 Å². The van der Waals surface area contributed by atoms with E-state index in [2.05, 4.69) is 15.5 Å². The number of methoxy groups -OCH3 is 1. The zero-order valence-electron chi connectivity index (χ0n) is 12.5. The molecule has 6 nitrogen and oxygen atoms in total. The quantitative estimate of drug-likeness (QED) is 0.651. The number of aromatic nitrogens is 1. The van der Waals surface area contributed by atoms with Gasteiger partial charge >= 0.3 is 0 Å². The molecule has 0 bridgehead atoms. The molecule has 0 amide bonds. The highest BCUT2D eigenvalue weighted by molar-refractivity contribution is 5.92. The SMILES string of the molecule is COc1cccc(NC(N)=NCCc2c(C)noc2C)c1. The lowest BCUT2D eigenvalue weighted by molar-refractivity contribution is 0.392. The Hall–Kier alpha value is -2.50. The fourth-order valence-electron chi connectivity index (χ4n) is 2.04. The van der Waals surface area contributed by atoms with E-state index in [0.717, 1.165) is 34.9 Å². The van der Waals surface area contributed by atoms with Gasteiger partial charge in [0.25, 0.3) is 0 Å². The summed E-state index contributed by atoms with van der Waals surface area (Å²) in [5.74, 6) is 1.97. The minimum Gasteiger partial charge on any atom is -0.497 e. The Kier molecular flexibility index (Phi) is 4.81. The number of rotatable bonds is 5. The van der Waals surface area contributed by atoms with Gasteiger partial charge in [-0.25, -0.2) is 0 Å². The molecule has 0 radical (unpaired) electrons. The number of nitrogens with two attached hydrogens (primary N) is 1. The second kappa shape index (κ2) is 6.78. The van der Waals surface area contributed by atoms with E-state index in [-0.39, 0.29) is 0 Å². The van der Waals surface area contributed by atoms with Crippen LogP contribution in [0.5, 0.6) is 5.75 Å². The predicted octanol–water partition coefficient (Wildman–Crippen LogP) is 2.27. The van der Waals surface area contributed by atoms with E-state index >= 15 is 0 Å². The van der Waals surface area contributed by atoms with Crippen LogP contribution in [0.3, 0.4) is 0 Å². The maximum Gasteiger partial charge on any atom is 0.193 e. The molecule has 0 spiro atoms. The average Bonchev–Trinajstić information content (AvgIpc) is 2.79. The molecule has 0 aliphatic carbocycles. The molecule has 0 unspecified atom stereocenters.